The fourth-order valence-electron chi connectivity index (χ4n) is 9.75. The molecule has 0 atom stereocenters. The molecule has 2 heteroatoms. The Kier molecular flexibility index (Phi) is 8.53. The second kappa shape index (κ2) is 14.8. The van der Waals surface area contributed by atoms with E-state index in [0.29, 0.717) is 5.82 Å². The number of nitrogens with zero attached hydrogens (tertiary/aromatic N) is 2. The van der Waals surface area contributed by atoms with E-state index in [9.17, 15) is 0 Å². The van der Waals surface area contributed by atoms with Crippen LogP contribution in [0.25, 0.3) is 122 Å². The first-order chi connectivity index (χ1) is 30.8. The first kappa shape index (κ1) is 35.7. The molecule has 1 aliphatic rings. The van der Waals surface area contributed by atoms with E-state index in [2.05, 4.69) is 224 Å². The van der Waals surface area contributed by atoms with Crippen LogP contribution in [0.5, 0.6) is 0 Å². The van der Waals surface area contributed by atoms with Crippen LogP contribution in [-0.4, -0.2) is 9.97 Å². The molecule has 0 amide bonds. The van der Waals surface area contributed by atoms with Crippen molar-refractivity contribution in [2.45, 2.75) is 0 Å². The van der Waals surface area contributed by atoms with Crippen LogP contribution in [-0.2, 0) is 0 Å². The molecule has 0 N–H and O–H groups in total. The summed E-state index contributed by atoms with van der Waals surface area (Å²) in [7, 11) is 0. The molecule has 12 rings (SSSR count). The summed E-state index contributed by atoms with van der Waals surface area (Å²) in [5.74, 6) is 0.697. The fourth-order valence-corrected chi connectivity index (χ4v) is 9.75. The fraction of sp³-hybridized carbons (Fsp3) is 0. The lowest BCUT2D eigenvalue weighted by atomic mass is 9.79. The Morgan fingerprint density at radius 2 is 0.532 bits per heavy atom. The largest absolute Gasteiger partial charge is 0.227 e. The summed E-state index contributed by atoms with van der Waals surface area (Å²) >= 11 is 0. The lowest BCUT2D eigenvalue weighted by molar-refractivity contribution is 1.19. The highest BCUT2D eigenvalue weighted by molar-refractivity contribution is 6.24. The SMILES string of the molecule is c1ccc(-c2nc(-c3ccccc3)c(-c3c4ccccc4c(-c4ccc5c(c4)-c4ccccc4-c4ccccc4-c4ccccc4-5)c4ccccc34)c(-c3ccccc3)n2)cc1. The zero-order valence-electron chi connectivity index (χ0n) is 33.8. The molecular weight excluding hydrogens is 749 g/mol. The Labute approximate surface area is 361 Å². The monoisotopic (exact) mass is 786 g/mol. The molecule has 0 spiro atoms. The van der Waals surface area contributed by atoms with Gasteiger partial charge in [-0.15, -0.1) is 0 Å². The molecule has 62 heavy (non-hydrogen) atoms. The molecule has 288 valence electrons. The third-order valence-electron chi connectivity index (χ3n) is 12.5. The topological polar surface area (TPSA) is 25.8 Å². The molecule has 1 aromatic heterocycles. The van der Waals surface area contributed by atoms with Gasteiger partial charge in [-0.3, -0.25) is 0 Å². The van der Waals surface area contributed by atoms with Gasteiger partial charge in [0.05, 0.1) is 11.4 Å². The lowest BCUT2D eigenvalue weighted by Crippen LogP contribution is -2.02. The molecule has 1 aliphatic carbocycles. The van der Waals surface area contributed by atoms with Crippen LogP contribution in [0.2, 0.25) is 0 Å². The third-order valence-corrected chi connectivity index (χ3v) is 12.5. The average Bonchev–Trinajstić information content (AvgIpc) is 3.35. The van der Waals surface area contributed by atoms with E-state index in [-0.39, 0.29) is 0 Å². The van der Waals surface area contributed by atoms with Crippen molar-refractivity contribution in [3.05, 3.63) is 231 Å². The second-order valence-electron chi connectivity index (χ2n) is 16.0. The van der Waals surface area contributed by atoms with Crippen molar-refractivity contribution in [2.75, 3.05) is 0 Å². The number of hydrogen-bond acceptors (Lipinski definition) is 2. The van der Waals surface area contributed by atoms with Crippen LogP contribution in [0.3, 0.4) is 0 Å². The van der Waals surface area contributed by atoms with Crippen molar-refractivity contribution < 1.29 is 0 Å². The predicted octanol–water partition coefficient (Wildman–Crippen LogP) is 16.1. The van der Waals surface area contributed by atoms with Gasteiger partial charge in [0.25, 0.3) is 0 Å². The second-order valence-corrected chi connectivity index (χ2v) is 16.0. The minimum Gasteiger partial charge on any atom is -0.227 e. The number of fused-ring (bicyclic) bond motifs is 10. The molecule has 0 bridgehead atoms. The molecule has 11 aromatic rings. The highest BCUT2D eigenvalue weighted by atomic mass is 14.9. The normalized spacial score (nSPS) is 11.5. The van der Waals surface area contributed by atoms with Crippen LogP contribution >= 0.6 is 0 Å². The van der Waals surface area contributed by atoms with Crippen molar-refractivity contribution in [1.29, 1.82) is 0 Å². The average molecular weight is 787 g/mol. The van der Waals surface area contributed by atoms with Crippen molar-refractivity contribution in [3.63, 3.8) is 0 Å². The number of rotatable bonds is 5. The van der Waals surface area contributed by atoms with Gasteiger partial charge in [-0.1, -0.05) is 224 Å². The molecule has 2 nitrogen and oxygen atoms in total. The van der Waals surface area contributed by atoms with Gasteiger partial charge in [0.2, 0.25) is 0 Å². The van der Waals surface area contributed by atoms with E-state index < -0.39 is 0 Å². The molecule has 1 heterocycles. The zero-order chi connectivity index (χ0) is 41.0. The summed E-state index contributed by atoms with van der Waals surface area (Å²) in [4.78, 5) is 11.0. The Bertz CT molecular complexity index is 3380. The van der Waals surface area contributed by atoms with E-state index in [4.69, 9.17) is 9.97 Å². The van der Waals surface area contributed by atoms with Gasteiger partial charge in [-0.25, -0.2) is 9.97 Å². The van der Waals surface area contributed by atoms with Crippen LogP contribution in [0.1, 0.15) is 0 Å². The molecule has 0 saturated carbocycles. The first-order valence-electron chi connectivity index (χ1n) is 21.3. The summed E-state index contributed by atoms with van der Waals surface area (Å²) in [5.41, 5.74) is 19.3. The van der Waals surface area contributed by atoms with E-state index >= 15 is 0 Å². The summed E-state index contributed by atoms with van der Waals surface area (Å²) in [6.07, 6.45) is 0. The smallest absolute Gasteiger partial charge is 0.160 e. The lowest BCUT2D eigenvalue weighted by Gasteiger charge is -2.24. The van der Waals surface area contributed by atoms with E-state index in [0.717, 1.165) is 50.0 Å². The highest BCUT2D eigenvalue weighted by Crippen LogP contribution is 2.52. The van der Waals surface area contributed by atoms with E-state index in [1.165, 1.54) is 66.4 Å². The van der Waals surface area contributed by atoms with Crippen molar-refractivity contribution in [1.82, 2.24) is 9.97 Å². The maximum absolute atomic E-state index is 5.48. The van der Waals surface area contributed by atoms with Gasteiger partial charge in [0.1, 0.15) is 0 Å². The minimum absolute atomic E-state index is 0.697. The van der Waals surface area contributed by atoms with Crippen molar-refractivity contribution >= 4 is 21.5 Å². The quantitative estimate of drug-likeness (QED) is 0.162. The van der Waals surface area contributed by atoms with Gasteiger partial charge in [0, 0.05) is 27.8 Å². The summed E-state index contributed by atoms with van der Waals surface area (Å²) in [6.45, 7) is 0. The van der Waals surface area contributed by atoms with Crippen molar-refractivity contribution in [3.8, 4) is 101 Å². The molecule has 0 unspecified atom stereocenters. The summed E-state index contributed by atoms with van der Waals surface area (Å²) < 4.78 is 0. The third kappa shape index (κ3) is 5.80. The van der Waals surface area contributed by atoms with Gasteiger partial charge in [-0.2, -0.15) is 0 Å². The maximum Gasteiger partial charge on any atom is 0.160 e. The summed E-state index contributed by atoms with van der Waals surface area (Å²) in [5, 5.41) is 4.66. The summed E-state index contributed by atoms with van der Waals surface area (Å²) in [6, 6.07) is 83.1. The molecule has 0 radical (unpaired) electrons. The van der Waals surface area contributed by atoms with E-state index in [1.54, 1.807) is 0 Å². The molecule has 0 fully saturated rings. The predicted molar refractivity (Wildman–Crippen MR) is 260 cm³/mol. The highest BCUT2D eigenvalue weighted by Gasteiger charge is 2.27. The first-order valence-corrected chi connectivity index (χ1v) is 21.3. The Hall–Kier alpha value is -8.20. The minimum atomic E-state index is 0.697. The Balaban J connectivity index is 1.18. The van der Waals surface area contributed by atoms with Crippen LogP contribution in [0.4, 0.5) is 0 Å². The zero-order valence-corrected chi connectivity index (χ0v) is 33.8. The Morgan fingerprint density at radius 3 is 0.952 bits per heavy atom. The van der Waals surface area contributed by atoms with Crippen LogP contribution in [0, 0.1) is 0 Å². The number of hydrogen-bond donors (Lipinski definition) is 0. The number of aromatic nitrogens is 2. The van der Waals surface area contributed by atoms with Gasteiger partial charge >= 0.3 is 0 Å². The van der Waals surface area contributed by atoms with Gasteiger partial charge in [0.15, 0.2) is 5.82 Å². The van der Waals surface area contributed by atoms with E-state index in [1.807, 2.05) is 6.07 Å². The molecule has 10 aromatic carbocycles. The van der Waals surface area contributed by atoms with Crippen LogP contribution < -0.4 is 0 Å². The number of benzene rings is 10. The van der Waals surface area contributed by atoms with Gasteiger partial charge in [-0.05, 0) is 83.2 Å². The Morgan fingerprint density at radius 1 is 0.210 bits per heavy atom. The molecule has 0 aliphatic heterocycles. The van der Waals surface area contributed by atoms with Crippen molar-refractivity contribution in [2.24, 2.45) is 0 Å². The molecule has 0 saturated heterocycles. The molecular formula is C60H38N2. The van der Waals surface area contributed by atoms with Gasteiger partial charge < -0.3 is 0 Å². The maximum atomic E-state index is 5.48. The standard InChI is InChI=1S/C60H38N2/c1-4-20-39(21-5-1)58-57(59(40-22-6-2-7-23-40)62-60(61-58)41-24-8-3-9-25-41)56-52-34-18-16-32-50(52)55(51-33-17-19-35-53(51)56)42-36-37-49-47-30-13-12-28-45(47)43-26-10-11-27-44(43)46-29-14-15-31-48(46)54(49)38-42/h1-38H. The van der Waals surface area contributed by atoms with Crippen LogP contribution in [0.15, 0.2) is 231 Å².